The van der Waals surface area contributed by atoms with Gasteiger partial charge in [-0.3, -0.25) is 4.79 Å². The van der Waals surface area contributed by atoms with Crippen LogP contribution in [0.1, 0.15) is 53.4 Å². The van der Waals surface area contributed by atoms with E-state index in [0.29, 0.717) is 11.7 Å². The van der Waals surface area contributed by atoms with Crippen molar-refractivity contribution < 1.29 is 4.79 Å². The molecule has 0 aromatic carbocycles. The molecule has 2 rings (SSSR count). The largest absolute Gasteiger partial charge is 0.295 e. The lowest BCUT2D eigenvalue weighted by Crippen LogP contribution is -2.34. The van der Waals surface area contributed by atoms with E-state index in [1.807, 2.05) is 0 Å². The summed E-state index contributed by atoms with van der Waals surface area (Å²) in [5.74, 6) is 1.04. The molecule has 0 aromatic rings. The van der Waals surface area contributed by atoms with Gasteiger partial charge in [-0.25, -0.2) is 0 Å². The third kappa shape index (κ3) is 1.57. The van der Waals surface area contributed by atoms with Crippen LogP contribution in [0.15, 0.2) is 22.8 Å². The molecule has 1 nitrogen and oxygen atoms in total. The fourth-order valence-electron chi connectivity index (χ4n) is 3.43. The SMILES string of the molecule is CC1=CC[C@@H](C)[C@]12CCC(=C(C)C)C(=O)C2. The van der Waals surface area contributed by atoms with Crippen LogP contribution in [0.3, 0.4) is 0 Å². The summed E-state index contributed by atoms with van der Waals surface area (Å²) < 4.78 is 0. The van der Waals surface area contributed by atoms with Gasteiger partial charge in [-0.2, -0.15) is 0 Å². The van der Waals surface area contributed by atoms with E-state index in [0.717, 1.165) is 24.8 Å². The Bertz CT molecular complexity index is 382. The Hall–Kier alpha value is -0.850. The summed E-state index contributed by atoms with van der Waals surface area (Å²) in [6.07, 6.45) is 6.39. The second kappa shape index (κ2) is 3.87. The fraction of sp³-hybridized carbons (Fsp3) is 0.667. The Kier molecular flexibility index (Phi) is 2.81. The second-order valence-corrected chi connectivity index (χ2v) is 5.76. The number of Topliss-reactive ketones (excluding diaryl/α,β-unsaturated/α-hetero) is 1. The molecule has 0 N–H and O–H groups in total. The lowest BCUT2D eigenvalue weighted by atomic mass is 9.63. The van der Waals surface area contributed by atoms with Crippen molar-refractivity contribution in [3.05, 3.63) is 22.8 Å². The summed E-state index contributed by atoms with van der Waals surface area (Å²) in [5.41, 5.74) is 3.97. The first-order chi connectivity index (χ1) is 7.47. The minimum absolute atomic E-state index is 0.204. The molecule has 1 spiro atoms. The van der Waals surface area contributed by atoms with Gasteiger partial charge in [0.1, 0.15) is 0 Å². The van der Waals surface area contributed by atoms with Gasteiger partial charge in [-0.05, 0) is 51.5 Å². The van der Waals surface area contributed by atoms with E-state index in [9.17, 15) is 4.79 Å². The summed E-state index contributed by atoms with van der Waals surface area (Å²) in [6.45, 7) is 8.64. The summed E-state index contributed by atoms with van der Waals surface area (Å²) in [7, 11) is 0. The van der Waals surface area contributed by atoms with Gasteiger partial charge in [0.25, 0.3) is 0 Å². The molecule has 0 heterocycles. The zero-order valence-electron chi connectivity index (χ0n) is 10.9. The lowest BCUT2D eigenvalue weighted by Gasteiger charge is -2.40. The first-order valence-electron chi connectivity index (χ1n) is 6.34. The van der Waals surface area contributed by atoms with E-state index in [2.05, 4.69) is 33.8 Å². The van der Waals surface area contributed by atoms with Crippen molar-refractivity contribution in [3.63, 3.8) is 0 Å². The molecule has 1 fully saturated rings. The molecule has 0 bridgehead atoms. The Morgan fingerprint density at radius 3 is 2.56 bits per heavy atom. The number of ketones is 1. The van der Waals surface area contributed by atoms with E-state index in [-0.39, 0.29) is 5.41 Å². The van der Waals surface area contributed by atoms with E-state index >= 15 is 0 Å². The van der Waals surface area contributed by atoms with Gasteiger partial charge in [-0.1, -0.05) is 24.1 Å². The third-order valence-corrected chi connectivity index (χ3v) is 4.74. The number of hydrogen-bond donors (Lipinski definition) is 0. The molecular weight excluding hydrogens is 196 g/mol. The molecule has 88 valence electrons. The molecule has 0 amide bonds. The molecule has 1 heteroatoms. The zero-order chi connectivity index (χ0) is 11.9. The van der Waals surface area contributed by atoms with Crippen LogP contribution < -0.4 is 0 Å². The maximum Gasteiger partial charge on any atom is 0.159 e. The quantitative estimate of drug-likeness (QED) is 0.443. The molecule has 0 saturated heterocycles. The van der Waals surface area contributed by atoms with Crippen LogP contribution in [-0.2, 0) is 4.79 Å². The average molecular weight is 218 g/mol. The van der Waals surface area contributed by atoms with E-state index in [1.165, 1.54) is 17.6 Å². The molecule has 2 atom stereocenters. The predicted molar refractivity (Wildman–Crippen MR) is 67.2 cm³/mol. The van der Waals surface area contributed by atoms with Crippen LogP contribution in [0.2, 0.25) is 0 Å². The van der Waals surface area contributed by atoms with Crippen molar-refractivity contribution in [1.82, 2.24) is 0 Å². The summed E-state index contributed by atoms with van der Waals surface area (Å²) in [4.78, 5) is 12.2. The van der Waals surface area contributed by atoms with Gasteiger partial charge >= 0.3 is 0 Å². The van der Waals surface area contributed by atoms with Gasteiger partial charge in [0.2, 0.25) is 0 Å². The Morgan fingerprint density at radius 2 is 2.12 bits per heavy atom. The normalized spacial score (nSPS) is 34.5. The standard InChI is InChI=1S/C15H22O/c1-10(2)13-7-8-15(9-14(13)16)11(3)5-6-12(15)4/h5,12H,6-9H2,1-4H3/t12-,15+/m1/s1. The van der Waals surface area contributed by atoms with Crippen molar-refractivity contribution in [3.8, 4) is 0 Å². The highest BCUT2D eigenvalue weighted by molar-refractivity contribution is 5.97. The van der Waals surface area contributed by atoms with Crippen molar-refractivity contribution in [2.24, 2.45) is 11.3 Å². The van der Waals surface area contributed by atoms with E-state index in [1.54, 1.807) is 0 Å². The molecule has 1 saturated carbocycles. The Balaban J connectivity index is 2.29. The minimum atomic E-state index is 0.204. The Morgan fingerprint density at radius 1 is 1.44 bits per heavy atom. The fourth-order valence-corrected chi connectivity index (χ4v) is 3.43. The maximum atomic E-state index is 12.2. The van der Waals surface area contributed by atoms with Gasteiger partial charge in [0.15, 0.2) is 5.78 Å². The summed E-state index contributed by atoms with van der Waals surface area (Å²) in [6, 6.07) is 0. The number of rotatable bonds is 0. The van der Waals surface area contributed by atoms with Crippen molar-refractivity contribution in [2.75, 3.05) is 0 Å². The van der Waals surface area contributed by atoms with Crippen LogP contribution in [0, 0.1) is 11.3 Å². The molecule has 2 aliphatic carbocycles. The van der Waals surface area contributed by atoms with Crippen molar-refractivity contribution >= 4 is 5.78 Å². The highest BCUT2D eigenvalue weighted by atomic mass is 16.1. The molecule has 0 unspecified atom stereocenters. The maximum absolute atomic E-state index is 12.2. The van der Waals surface area contributed by atoms with Crippen LogP contribution in [0.4, 0.5) is 0 Å². The monoisotopic (exact) mass is 218 g/mol. The van der Waals surface area contributed by atoms with Crippen LogP contribution in [0.5, 0.6) is 0 Å². The van der Waals surface area contributed by atoms with Gasteiger partial charge in [0.05, 0.1) is 0 Å². The van der Waals surface area contributed by atoms with Crippen LogP contribution in [-0.4, -0.2) is 5.78 Å². The highest BCUT2D eigenvalue weighted by Crippen LogP contribution is 2.53. The topological polar surface area (TPSA) is 17.1 Å². The van der Waals surface area contributed by atoms with Gasteiger partial charge in [0, 0.05) is 11.8 Å². The van der Waals surface area contributed by atoms with Crippen molar-refractivity contribution in [1.29, 1.82) is 0 Å². The zero-order valence-corrected chi connectivity index (χ0v) is 10.9. The molecule has 0 radical (unpaired) electrons. The van der Waals surface area contributed by atoms with E-state index < -0.39 is 0 Å². The number of carbonyl (C=O) groups excluding carboxylic acids is 1. The van der Waals surface area contributed by atoms with E-state index in [4.69, 9.17) is 0 Å². The highest BCUT2D eigenvalue weighted by Gasteiger charge is 2.45. The van der Waals surface area contributed by atoms with Crippen LogP contribution >= 0.6 is 0 Å². The molecule has 0 aliphatic heterocycles. The van der Waals surface area contributed by atoms with Crippen LogP contribution in [0.25, 0.3) is 0 Å². The van der Waals surface area contributed by atoms with Gasteiger partial charge < -0.3 is 0 Å². The summed E-state index contributed by atoms with van der Waals surface area (Å²) in [5, 5.41) is 0. The third-order valence-electron chi connectivity index (χ3n) is 4.74. The summed E-state index contributed by atoms with van der Waals surface area (Å²) >= 11 is 0. The predicted octanol–water partition coefficient (Wildman–Crippen LogP) is 4.05. The molecule has 16 heavy (non-hydrogen) atoms. The second-order valence-electron chi connectivity index (χ2n) is 5.76. The van der Waals surface area contributed by atoms with Gasteiger partial charge in [-0.15, -0.1) is 0 Å². The molecule has 2 aliphatic rings. The number of carbonyl (C=O) groups is 1. The minimum Gasteiger partial charge on any atom is -0.295 e. The Labute approximate surface area is 98.6 Å². The molecule has 0 aromatic heterocycles. The first-order valence-corrected chi connectivity index (χ1v) is 6.34. The van der Waals surface area contributed by atoms with Crippen molar-refractivity contribution in [2.45, 2.75) is 53.4 Å². The number of allylic oxidation sites excluding steroid dienone is 4. The lowest BCUT2D eigenvalue weighted by molar-refractivity contribution is -0.119. The smallest absolute Gasteiger partial charge is 0.159 e. The average Bonchev–Trinajstić information content (AvgIpc) is 2.47. The first kappa shape index (κ1) is 11.6. The number of hydrogen-bond acceptors (Lipinski definition) is 1. The molecular formula is C15H22O.